The summed E-state index contributed by atoms with van der Waals surface area (Å²) < 4.78 is 50.3. The van der Waals surface area contributed by atoms with Crippen molar-refractivity contribution in [3.8, 4) is 11.5 Å². The van der Waals surface area contributed by atoms with Gasteiger partial charge >= 0.3 is 6.18 Å². The van der Waals surface area contributed by atoms with Crippen LogP contribution in [0.3, 0.4) is 0 Å². The zero-order valence-electron chi connectivity index (χ0n) is 11.6. The van der Waals surface area contributed by atoms with E-state index in [0.29, 0.717) is 23.5 Å². The Hall–Kier alpha value is -1.69. The van der Waals surface area contributed by atoms with Crippen LogP contribution in [0.4, 0.5) is 13.2 Å². The summed E-state index contributed by atoms with van der Waals surface area (Å²) in [6.45, 7) is 0. The highest BCUT2D eigenvalue weighted by atomic mass is 79.9. The first kappa shape index (κ1) is 15.2. The van der Waals surface area contributed by atoms with Gasteiger partial charge in [-0.2, -0.15) is 13.2 Å². The Bertz CT molecular complexity index is 713. The highest BCUT2D eigenvalue weighted by molar-refractivity contribution is 9.10. The molecule has 1 unspecified atom stereocenters. The molecule has 0 fully saturated rings. The van der Waals surface area contributed by atoms with Gasteiger partial charge in [-0.25, -0.2) is 0 Å². The zero-order valence-corrected chi connectivity index (χ0v) is 13.2. The maximum absolute atomic E-state index is 12.8. The Morgan fingerprint density at radius 3 is 2.68 bits per heavy atom. The van der Waals surface area contributed by atoms with Gasteiger partial charge in [-0.1, -0.05) is 12.1 Å². The molecule has 0 aromatic heterocycles. The predicted molar refractivity (Wildman–Crippen MR) is 79.2 cm³/mol. The van der Waals surface area contributed by atoms with Crippen LogP contribution in [-0.2, 0) is 12.6 Å². The van der Waals surface area contributed by atoms with Crippen LogP contribution in [-0.4, -0.2) is 7.11 Å². The summed E-state index contributed by atoms with van der Waals surface area (Å²) in [5.41, 5.74) is 0.709. The predicted octanol–water partition coefficient (Wildman–Crippen LogP) is 5.15. The van der Waals surface area contributed by atoms with Crippen molar-refractivity contribution >= 4 is 15.9 Å². The zero-order chi connectivity index (χ0) is 15.9. The number of ether oxygens (including phenoxy) is 2. The molecular weight excluding hydrogens is 361 g/mol. The van der Waals surface area contributed by atoms with E-state index in [1.165, 1.54) is 6.07 Å². The lowest BCUT2D eigenvalue weighted by Gasteiger charge is -2.16. The van der Waals surface area contributed by atoms with E-state index in [4.69, 9.17) is 9.47 Å². The third kappa shape index (κ3) is 2.67. The SMILES string of the molecule is COc1c(Br)cccc1C1Cc2cc(C(F)(F)F)ccc2O1. The molecule has 0 aliphatic carbocycles. The van der Waals surface area contributed by atoms with Crippen molar-refractivity contribution in [2.24, 2.45) is 0 Å². The first-order valence-corrected chi connectivity index (χ1v) is 7.38. The highest BCUT2D eigenvalue weighted by Crippen LogP contribution is 2.43. The molecule has 0 radical (unpaired) electrons. The lowest BCUT2D eigenvalue weighted by Crippen LogP contribution is -2.06. The number of benzene rings is 2. The van der Waals surface area contributed by atoms with Crippen molar-refractivity contribution in [3.05, 3.63) is 57.6 Å². The summed E-state index contributed by atoms with van der Waals surface area (Å²) in [7, 11) is 1.55. The fourth-order valence-corrected chi connectivity index (χ4v) is 3.14. The van der Waals surface area contributed by atoms with Crippen LogP contribution in [0, 0.1) is 0 Å². The maximum Gasteiger partial charge on any atom is 0.416 e. The number of hydrogen-bond acceptors (Lipinski definition) is 2. The number of halogens is 4. The molecule has 22 heavy (non-hydrogen) atoms. The molecule has 1 atom stereocenters. The molecule has 1 aliphatic rings. The Labute approximate surface area is 134 Å². The summed E-state index contributed by atoms with van der Waals surface area (Å²) >= 11 is 3.40. The molecule has 0 N–H and O–H groups in total. The smallest absolute Gasteiger partial charge is 0.416 e. The van der Waals surface area contributed by atoms with Crippen molar-refractivity contribution in [2.75, 3.05) is 7.11 Å². The van der Waals surface area contributed by atoms with E-state index in [9.17, 15) is 13.2 Å². The van der Waals surface area contributed by atoms with Crippen molar-refractivity contribution in [2.45, 2.75) is 18.7 Å². The molecule has 0 saturated carbocycles. The van der Waals surface area contributed by atoms with Crippen molar-refractivity contribution < 1.29 is 22.6 Å². The molecule has 1 heterocycles. The van der Waals surface area contributed by atoms with Crippen LogP contribution < -0.4 is 9.47 Å². The number of hydrogen-bond donors (Lipinski definition) is 0. The molecule has 2 aromatic rings. The lowest BCUT2D eigenvalue weighted by atomic mass is 10.0. The number of alkyl halides is 3. The minimum atomic E-state index is -4.35. The number of methoxy groups -OCH3 is 1. The average Bonchev–Trinajstić information content (AvgIpc) is 2.88. The standard InChI is InChI=1S/C16H12BrF3O2/c1-21-15-11(3-2-4-12(15)17)14-8-9-7-10(16(18,19)20)5-6-13(9)22-14/h2-7,14H,8H2,1H3. The summed E-state index contributed by atoms with van der Waals surface area (Å²) in [6, 6.07) is 9.11. The second-order valence-electron chi connectivity index (χ2n) is 4.99. The molecule has 0 bridgehead atoms. The molecule has 2 aromatic carbocycles. The van der Waals surface area contributed by atoms with Crippen LogP contribution in [0.5, 0.6) is 11.5 Å². The summed E-state index contributed by atoms with van der Waals surface area (Å²) in [5.74, 6) is 1.12. The first-order valence-electron chi connectivity index (χ1n) is 6.59. The van der Waals surface area contributed by atoms with Crippen molar-refractivity contribution in [3.63, 3.8) is 0 Å². The van der Waals surface area contributed by atoms with Gasteiger partial charge < -0.3 is 9.47 Å². The third-order valence-corrected chi connectivity index (χ3v) is 4.24. The fraction of sp³-hybridized carbons (Fsp3) is 0.250. The van der Waals surface area contributed by atoms with Gasteiger partial charge in [0, 0.05) is 12.0 Å². The van der Waals surface area contributed by atoms with E-state index in [2.05, 4.69) is 15.9 Å². The Balaban J connectivity index is 1.94. The van der Waals surface area contributed by atoms with E-state index < -0.39 is 11.7 Å². The Morgan fingerprint density at radius 2 is 2.00 bits per heavy atom. The van der Waals surface area contributed by atoms with Crippen LogP contribution >= 0.6 is 15.9 Å². The van der Waals surface area contributed by atoms with Gasteiger partial charge in [0.05, 0.1) is 17.1 Å². The normalized spacial score (nSPS) is 17.0. The van der Waals surface area contributed by atoms with E-state index in [1.54, 1.807) is 7.11 Å². The third-order valence-electron chi connectivity index (χ3n) is 3.61. The molecule has 3 rings (SSSR count). The molecule has 6 heteroatoms. The van der Waals surface area contributed by atoms with E-state index >= 15 is 0 Å². The number of para-hydroxylation sites is 1. The number of rotatable bonds is 2. The van der Waals surface area contributed by atoms with E-state index in [0.717, 1.165) is 22.2 Å². The first-order chi connectivity index (χ1) is 10.4. The highest BCUT2D eigenvalue weighted by Gasteiger charge is 2.34. The molecular formula is C16H12BrF3O2. The maximum atomic E-state index is 12.8. The minimum absolute atomic E-state index is 0.356. The summed E-state index contributed by atoms with van der Waals surface area (Å²) in [4.78, 5) is 0. The Morgan fingerprint density at radius 1 is 1.23 bits per heavy atom. The van der Waals surface area contributed by atoms with Gasteiger partial charge in [-0.3, -0.25) is 0 Å². The van der Waals surface area contributed by atoms with Gasteiger partial charge in [0.25, 0.3) is 0 Å². The van der Waals surface area contributed by atoms with Gasteiger partial charge in [-0.05, 0) is 45.8 Å². The van der Waals surface area contributed by atoms with Gasteiger partial charge in [0.1, 0.15) is 17.6 Å². The summed E-state index contributed by atoms with van der Waals surface area (Å²) in [5, 5.41) is 0. The molecule has 2 nitrogen and oxygen atoms in total. The van der Waals surface area contributed by atoms with E-state index in [-0.39, 0.29) is 6.10 Å². The average molecular weight is 373 g/mol. The van der Waals surface area contributed by atoms with E-state index in [1.807, 2.05) is 18.2 Å². The number of fused-ring (bicyclic) bond motifs is 1. The second-order valence-corrected chi connectivity index (χ2v) is 5.85. The van der Waals surface area contributed by atoms with Crippen LogP contribution in [0.2, 0.25) is 0 Å². The lowest BCUT2D eigenvalue weighted by molar-refractivity contribution is -0.137. The monoisotopic (exact) mass is 372 g/mol. The van der Waals surface area contributed by atoms with Crippen LogP contribution in [0.15, 0.2) is 40.9 Å². The van der Waals surface area contributed by atoms with Crippen molar-refractivity contribution in [1.82, 2.24) is 0 Å². The molecule has 0 saturated heterocycles. The van der Waals surface area contributed by atoms with Crippen LogP contribution in [0.25, 0.3) is 0 Å². The van der Waals surface area contributed by atoms with Gasteiger partial charge in [0.2, 0.25) is 0 Å². The fourth-order valence-electron chi connectivity index (χ4n) is 2.59. The second kappa shape index (κ2) is 5.50. The minimum Gasteiger partial charge on any atom is -0.495 e. The largest absolute Gasteiger partial charge is 0.495 e. The van der Waals surface area contributed by atoms with Gasteiger partial charge in [0.15, 0.2) is 0 Å². The van der Waals surface area contributed by atoms with Crippen molar-refractivity contribution in [1.29, 1.82) is 0 Å². The quantitative estimate of drug-likeness (QED) is 0.725. The van der Waals surface area contributed by atoms with Gasteiger partial charge in [-0.15, -0.1) is 0 Å². The van der Waals surface area contributed by atoms with Crippen LogP contribution in [0.1, 0.15) is 22.8 Å². The molecule has 116 valence electrons. The topological polar surface area (TPSA) is 18.5 Å². The molecule has 0 spiro atoms. The molecule has 1 aliphatic heterocycles. The summed E-state index contributed by atoms with van der Waals surface area (Å²) in [6.07, 6.45) is -4.32. The Kier molecular flexibility index (Phi) is 3.80. The molecule has 0 amide bonds.